The average molecular weight is 264 g/mol. The van der Waals surface area contributed by atoms with Crippen LogP contribution >= 0.6 is 11.6 Å². The van der Waals surface area contributed by atoms with Crippen molar-refractivity contribution in [3.8, 4) is 11.3 Å². The predicted molar refractivity (Wildman–Crippen MR) is 76.6 cm³/mol. The van der Waals surface area contributed by atoms with E-state index < -0.39 is 0 Å². The largest absolute Gasteiger partial charge is 0.369 e. The number of rotatable bonds is 5. The number of aryl methyl sites for hydroxylation is 1. The fourth-order valence-corrected chi connectivity index (χ4v) is 2.12. The van der Waals surface area contributed by atoms with Crippen LogP contribution in [0.5, 0.6) is 0 Å². The van der Waals surface area contributed by atoms with E-state index in [1.54, 1.807) is 0 Å². The summed E-state index contributed by atoms with van der Waals surface area (Å²) in [4.78, 5) is 4.38. The van der Waals surface area contributed by atoms with E-state index in [0.717, 1.165) is 24.2 Å². The van der Waals surface area contributed by atoms with Crippen molar-refractivity contribution in [3.05, 3.63) is 35.5 Å². The SMILES string of the molecule is CCCCCn1cc(-c2cccc(Cl)c2)nc1N. The van der Waals surface area contributed by atoms with E-state index in [9.17, 15) is 0 Å². The van der Waals surface area contributed by atoms with Gasteiger partial charge in [0.05, 0.1) is 5.69 Å². The van der Waals surface area contributed by atoms with Crippen LogP contribution in [0.2, 0.25) is 5.02 Å². The first-order chi connectivity index (χ1) is 8.70. The molecule has 0 aliphatic rings. The lowest BCUT2D eigenvalue weighted by Crippen LogP contribution is -2.02. The van der Waals surface area contributed by atoms with Gasteiger partial charge in [-0.3, -0.25) is 0 Å². The monoisotopic (exact) mass is 263 g/mol. The molecule has 0 radical (unpaired) electrons. The third-order valence-electron chi connectivity index (χ3n) is 2.93. The summed E-state index contributed by atoms with van der Waals surface area (Å²) in [5.74, 6) is 0.570. The Bertz CT molecular complexity index is 520. The van der Waals surface area contributed by atoms with Crippen LogP contribution in [0, 0.1) is 0 Å². The van der Waals surface area contributed by atoms with Crippen molar-refractivity contribution in [2.75, 3.05) is 5.73 Å². The topological polar surface area (TPSA) is 43.8 Å². The van der Waals surface area contributed by atoms with E-state index in [-0.39, 0.29) is 0 Å². The molecule has 18 heavy (non-hydrogen) atoms. The lowest BCUT2D eigenvalue weighted by atomic mass is 10.2. The number of nitrogen functional groups attached to an aromatic ring is 1. The fourth-order valence-electron chi connectivity index (χ4n) is 1.93. The first-order valence-corrected chi connectivity index (χ1v) is 6.67. The second-order valence-electron chi connectivity index (χ2n) is 4.40. The van der Waals surface area contributed by atoms with Gasteiger partial charge in [0.2, 0.25) is 5.95 Å². The van der Waals surface area contributed by atoms with Crippen LogP contribution in [-0.2, 0) is 6.54 Å². The molecule has 0 spiro atoms. The Balaban J connectivity index is 2.18. The number of hydrogen-bond acceptors (Lipinski definition) is 2. The molecule has 0 unspecified atom stereocenters. The van der Waals surface area contributed by atoms with Gasteiger partial charge in [-0.25, -0.2) is 4.98 Å². The molecule has 0 saturated heterocycles. The second kappa shape index (κ2) is 5.91. The minimum Gasteiger partial charge on any atom is -0.369 e. The molecule has 4 heteroatoms. The molecule has 0 aliphatic heterocycles. The maximum absolute atomic E-state index is 5.98. The highest BCUT2D eigenvalue weighted by atomic mass is 35.5. The summed E-state index contributed by atoms with van der Waals surface area (Å²) in [6.45, 7) is 3.11. The third-order valence-corrected chi connectivity index (χ3v) is 3.17. The molecule has 0 aliphatic carbocycles. The lowest BCUT2D eigenvalue weighted by Gasteiger charge is -2.02. The molecule has 0 atom stereocenters. The first kappa shape index (κ1) is 13.0. The average Bonchev–Trinajstić information content (AvgIpc) is 2.72. The summed E-state index contributed by atoms with van der Waals surface area (Å²) in [7, 11) is 0. The molecule has 0 saturated carbocycles. The summed E-state index contributed by atoms with van der Waals surface area (Å²) < 4.78 is 2.01. The number of imidazole rings is 1. The number of hydrogen-bond donors (Lipinski definition) is 1. The normalized spacial score (nSPS) is 10.8. The lowest BCUT2D eigenvalue weighted by molar-refractivity contribution is 0.608. The minimum atomic E-state index is 0.570. The summed E-state index contributed by atoms with van der Waals surface area (Å²) in [6, 6.07) is 7.67. The summed E-state index contributed by atoms with van der Waals surface area (Å²) >= 11 is 5.98. The Hall–Kier alpha value is -1.48. The maximum atomic E-state index is 5.98. The van der Waals surface area contributed by atoms with Crippen LogP contribution < -0.4 is 5.73 Å². The van der Waals surface area contributed by atoms with Gasteiger partial charge in [-0.1, -0.05) is 43.5 Å². The van der Waals surface area contributed by atoms with Gasteiger partial charge in [0.15, 0.2) is 0 Å². The Morgan fingerprint density at radius 1 is 1.33 bits per heavy atom. The molecule has 0 amide bonds. The van der Waals surface area contributed by atoms with E-state index >= 15 is 0 Å². The summed E-state index contributed by atoms with van der Waals surface area (Å²) in [6.07, 6.45) is 5.54. The van der Waals surface area contributed by atoms with Gasteiger partial charge in [-0.05, 0) is 18.6 Å². The molecule has 0 bridgehead atoms. The quantitative estimate of drug-likeness (QED) is 0.830. The fraction of sp³-hybridized carbons (Fsp3) is 0.357. The molecule has 1 aromatic carbocycles. The Kier molecular flexibility index (Phi) is 4.26. The Morgan fingerprint density at radius 2 is 2.17 bits per heavy atom. The second-order valence-corrected chi connectivity index (χ2v) is 4.83. The van der Waals surface area contributed by atoms with Gasteiger partial charge < -0.3 is 10.3 Å². The molecule has 96 valence electrons. The van der Waals surface area contributed by atoms with Gasteiger partial charge in [0.1, 0.15) is 0 Å². The van der Waals surface area contributed by atoms with E-state index in [1.165, 1.54) is 12.8 Å². The predicted octanol–water partition coefficient (Wildman–Crippen LogP) is 3.98. The number of nitrogens with two attached hydrogens (primary N) is 1. The molecule has 1 heterocycles. The first-order valence-electron chi connectivity index (χ1n) is 6.29. The van der Waals surface area contributed by atoms with E-state index in [2.05, 4.69) is 11.9 Å². The zero-order chi connectivity index (χ0) is 13.0. The van der Waals surface area contributed by atoms with Gasteiger partial charge in [0.25, 0.3) is 0 Å². The van der Waals surface area contributed by atoms with Crippen molar-refractivity contribution in [2.45, 2.75) is 32.7 Å². The zero-order valence-corrected chi connectivity index (χ0v) is 11.3. The Labute approximate surface area is 113 Å². The smallest absolute Gasteiger partial charge is 0.200 e. The standard InChI is InChI=1S/C14H18ClN3/c1-2-3-4-8-18-10-13(17-14(18)16)11-6-5-7-12(15)9-11/h5-7,9-10H,2-4,8H2,1H3,(H2,16,17). The number of anilines is 1. The van der Waals surface area contributed by atoms with Crippen LogP contribution in [0.4, 0.5) is 5.95 Å². The van der Waals surface area contributed by atoms with Gasteiger partial charge in [-0.15, -0.1) is 0 Å². The van der Waals surface area contributed by atoms with E-state index in [4.69, 9.17) is 17.3 Å². The summed E-state index contributed by atoms with van der Waals surface area (Å²) in [5, 5.41) is 0.714. The molecule has 1 aromatic heterocycles. The number of unbranched alkanes of at least 4 members (excludes halogenated alkanes) is 2. The third kappa shape index (κ3) is 3.05. The van der Waals surface area contributed by atoms with Crippen LogP contribution in [0.25, 0.3) is 11.3 Å². The van der Waals surface area contributed by atoms with Crippen LogP contribution in [0.15, 0.2) is 30.5 Å². The molecular formula is C14H18ClN3. The number of halogens is 1. The van der Waals surface area contributed by atoms with Crippen molar-refractivity contribution in [2.24, 2.45) is 0 Å². The molecule has 0 fully saturated rings. The van der Waals surface area contributed by atoms with Crippen molar-refractivity contribution >= 4 is 17.5 Å². The highest BCUT2D eigenvalue weighted by molar-refractivity contribution is 6.30. The number of benzene rings is 1. The van der Waals surface area contributed by atoms with Crippen molar-refractivity contribution in [1.82, 2.24) is 9.55 Å². The van der Waals surface area contributed by atoms with E-state index in [0.29, 0.717) is 11.0 Å². The number of nitrogens with zero attached hydrogens (tertiary/aromatic N) is 2. The molecule has 2 rings (SSSR count). The van der Waals surface area contributed by atoms with E-state index in [1.807, 2.05) is 35.0 Å². The van der Waals surface area contributed by atoms with Crippen molar-refractivity contribution < 1.29 is 0 Å². The van der Waals surface area contributed by atoms with Crippen LogP contribution in [-0.4, -0.2) is 9.55 Å². The van der Waals surface area contributed by atoms with Crippen LogP contribution in [0.3, 0.4) is 0 Å². The van der Waals surface area contributed by atoms with Crippen molar-refractivity contribution in [1.29, 1.82) is 0 Å². The zero-order valence-electron chi connectivity index (χ0n) is 10.6. The number of aromatic nitrogens is 2. The van der Waals surface area contributed by atoms with Crippen LogP contribution in [0.1, 0.15) is 26.2 Å². The highest BCUT2D eigenvalue weighted by Crippen LogP contribution is 2.23. The maximum Gasteiger partial charge on any atom is 0.200 e. The Morgan fingerprint density at radius 3 is 2.89 bits per heavy atom. The minimum absolute atomic E-state index is 0.570. The highest BCUT2D eigenvalue weighted by Gasteiger charge is 2.07. The van der Waals surface area contributed by atoms with Crippen molar-refractivity contribution in [3.63, 3.8) is 0 Å². The van der Waals surface area contributed by atoms with Gasteiger partial charge in [0, 0.05) is 23.3 Å². The van der Waals surface area contributed by atoms with Gasteiger partial charge >= 0.3 is 0 Å². The molecule has 3 nitrogen and oxygen atoms in total. The molecular weight excluding hydrogens is 246 g/mol. The van der Waals surface area contributed by atoms with Gasteiger partial charge in [-0.2, -0.15) is 0 Å². The molecule has 2 aromatic rings. The molecule has 2 N–H and O–H groups in total. The summed E-state index contributed by atoms with van der Waals surface area (Å²) in [5.41, 5.74) is 7.80.